The molecule has 1 aliphatic carbocycles. The van der Waals surface area contributed by atoms with Gasteiger partial charge < -0.3 is 29.3 Å². The van der Waals surface area contributed by atoms with E-state index in [0.29, 0.717) is 65.8 Å². The second kappa shape index (κ2) is 13.7. The number of likely N-dealkylation sites (tertiary alicyclic amines) is 1. The number of phenols is 1. The SMILES string of the molecule is CCc1c(F)ccc2cc(O)cc(-c3ncc4c(N5CCOC[C@@](C)(O)C5)nc(OC[C@]56CCC[C@H]5N(C5CCOCC5)CCC6)nc4c3F)c12. The molecule has 3 atom stereocenters. The first-order valence-corrected chi connectivity index (χ1v) is 18.5. The number of ether oxygens (including phenoxy) is 3. The first-order valence-electron chi connectivity index (χ1n) is 18.5. The lowest BCUT2D eigenvalue weighted by molar-refractivity contribution is -0.0511. The normalized spacial score (nSPS) is 26.5. The van der Waals surface area contributed by atoms with Crippen molar-refractivity contribution < 1.29 is 33.2 Å². The number of rotatable bonds is 7. The van der Waals surface area contributed by atoms with E-state index < -0.39 is 17.2 Å². The Labute approximate surface area is 296 Å². The van der Waals surface area contributed by atoms with Crippen LogP contribution in [-0.4, -0.2) is 100 Å². The fourth-order valence-corrected chi connectivity index (χ4v) is 9.33. The number of hydrogen-bond acceptors (Lipinski definition) is 10. The molecule has 2 aromatic carbocycles. The fourth-order valence-electron chi connectivity index (χ4n) is 9.33. The smallest absolute Gasteiger partial charge is 0.319 e. The second-order valence-electron chi connectivity index (χ2n) is 15.2. The van der Waals surface area contributed by atoms with E-state index in [1.807, 2.05) is 11.8 Å². The van der Waals surface area contributed by atoms with E-state index in [-0.39, 0.29) is 47.1 Å². The third kappa shape index (κ3) is 6.38. The highest BCUT2D eigenvalue weighted by Crippen LogP contribution is 2.49. The van der Waals surface area contributed by atoms with E-state index in [0.717, 1.165) is 64.7 Å². The Morgan fingerprint density at radius 2 is 1.84 bits per heavy atom. The van der Waals surface area contributed by atoms with Crippen molar-refractivity contribution in [1.29, 1.82) is 0 Å². The van der Waals surface area contributed by atoms with E-state index in [4.69, 9.17) is 24.2 Å². The van der Waals surface area contributed by atoms with Crippen molar-refractivity contribution in [2.45, 2.75) is 82.9 Å². The monoisotopic (exact) mass is 703 g/mol. The van der Waals surface area contributed by atoms with E-state index >= 15 is 8.78 Å². The molecule has 272 valence electrons. The van der Waals surface area contributed by atoms with Gasteiger partial charge in [-0.2, -0.15) is 9.97 Å². The predicted octanol–water partition coefficient (Wildman–Crippen LogP) is 6.17. The van der Waals surface area contributed by atoms with Crippen LogP contribution in [0.2, 0.25) is 0 Å². The number of aliphatic hydroxyl groups is 1. The van der Waals surface area contributed by atoms with Crippen LogP contribution in [0, 0.1) is 17.0 Å². The topological polar surface area (TPSA) is 113 Å². The van der Waals surface area contributed by atoms with Gasteiger partial charge in [-0.25, -0.2) is 8.78 Å². The highest BCUT2D eigenvalue weighted by molar-refractivity contribution is 6.01. The van der Waals surface area contributed by atoms with Gasteiger partial charge >= 0.3 is 6.01 Å². The highest BCUT2D eigenvalue weighted by atomic mass is 19.1. The summed E-state index contributed by atoms with van der Waals surface area (Å²) in [7, 11) is 0. The van der Waals surface area contributed by atoms with Gasteiger partial charge in [0.2, 0.25) is 0 Å². The molecule has 0 unspecified atom stereocenters. The number of fused-ring (bicyclic) bond motifs is 3. The van der Waals surface area contributed by atoms with Crippen LogP contribution in [0.25, 0.3) is 32.9 Å². The van der Waals surface area contributed by atoms with E-state index in [9.17, 15) is 10.2 Å². The van der Waals surface area contributed by atoms with Crippen molar-refractivity contribution in [1.82, 2.24) is 19.9 Å². The molecule has 4 aromatic rings. The number of anilines is 1. The number of piperidine rings is 1. The molecule has 0 bridgehead atoms. The van der Waals surface area contributed by atoms with Crippen molar-refractivity contribution in [3.63, 3.8) is 0 Å². The summed E-state index contributed by atoms with van der Waals surface area (Å²) in [6.07, 6.45) is 9.41. The van der Waals surface area contributed by atoms with E-state index in [2.05, 4.69) is 9.88 Å². The number of β-amino-alcohol motifs (C(OH)–C–C–N with tert-alkyl or cyclic N) is 1. The van der Waals surface area contributed by atoms with Gasteiger partial charge in [0.1, 0.15) is 34.2 Å². The minimum atomic E-state index is -1.17. The zero-order chi connectivity index (χ0) is 35.3. The Hall–Kier alpha value is -3.71. The minimum Gasteiger partial charge on any atom is -0.508 e. The fraction of sp³-hybridized carbons (Fsp3) is 0.564. The van der Waals surface area contributed by atoms with Crippen molar-refractivity contribution in [3.8, 4) is 23.0 Å². The maximum Gasteiger partial charge on any atom is 0.319 e. The Bertz CT molecular complexity index is 1940. The maximum atomic E-state index is 17.1. The summed E-state index contributed by atoms with van der Waals surface area (Å²) in [5.41, 5.74) is -0.595. The van der Waals surface area contributed by atoms with Crippen LogP contribution in [0.5, 0.6) is 11.8 Å². The quantitative estimate of drug-likeness (QED) is 0.232. The Morgan fingerprint density at radius 1 is 1.02 bits per heavy atom. The van der Waals surface area contributed by atoms with Gasteiger partial charge in [-0.05, 0) is 92.9 Å². The van der Waals surface area contributed by atoms with Gasteiger partial charge in [0.15, 0.2) is 5.82 Å². The molecular weight excluding hydrogens is 656 g/mol. The molecule has 10 nitrogen and oxygen atoms in total. The lowest BCUT2D eigenvalue weighted by Crippen LogP contribution is -2.56. The molecule has 2 N–H and O–H groups in total. The lowest BCUT2D eigenvalue weighted by atomic mass is 9.74. The summed E-state index contributed by atoms with van der Waals surface area (Å²) in [5.74, 6) is -0.819. The molecule has 4 fully saturated rings. The predicted molar refractivity (Wildman–Crippen MR) is 190 cm³/mol. The zero-order valence-electron chi connectivity index (χ0n) is 29.5. The van der Waals surface area contributed by atoms with Gasteiger partial charge in [-0.1, -0.05) is 19.4 Å². The third-order valence-corrected chi connectivity index (χ3v) is 11.7. The molecule has 8 rings (SSSR count). The van der Waals surface area contributed by atoms with Crippen LogP contribution in [0.1, 0.15) is 64.4 Å². The van der Waals surface area contributed by atoms with E-state index in [1.165, 1.54) is 18.3 Å². The number of aryl methyl sites for hydroxylation is 1. The molecule has 5 heterocycles. The number of aromatic hydroxyl groups is 1. The number of aromatic nitrogens is 3. The molecule has 2 aromatic heterocycles. The van der Waals surface area contributed by atoms with Crippen molar-refractivity contribution in [3.05, 3.63) is 47.7 Å². The summed E-state index contributed by atoms with van der Waals surface area (Å²) >= 11 is 0. The number of phenolic OH excluding ortho intramolecular Hbond substituents is 1. The Balaban J connectivity index is 1.22. The molecule has 12 heteroatoms. The van der Waals surface area contributed by atoms with Crippen LogP contribution in [0.15, 0.2) is 30.5 Å². The Morgan fingerprint density at radius 3 is 2.67 bits per heavy atom. The molecule has 0 spiro atoms. The van der Waals surface area contributed by atoms with Crippen molar-refractivity contribution in [2.24, 2.45) is 5.41 Å². The lowest BCUT2D eigenvalue weighted by Gasteiger charge is -2.50. The molecule has 3 aliphatic heterocycles. The summed E-state index contributed by atoms with van der Waals surface area (Å²) in [6.45, 7) is 7.75. The number of halogens is 2. The van der Waals surface area contributed by atoms with Crippen molar-refractivity contribution >= 4 is 27.5 Å². The average Bonchev–Trinajstić information content (AvgIpc) is 3.48. The third-order valence-electron chi connectivity index (χ3n) is 11.7. The second-order valence-corrected chi connectivity index (χ2v) is 15.2. The molecule has 3 saturated heterocycles. The number of nitrogens with zero attached hydrogens (tertiary/aromatic N) is 5. The largest absolute Gasteiger partial charge is 0.508 e. The summed E-state index contributed by atoms with van der Waals surface area (Å²) in [4.78, 5) is 18.7. The summed E-state index contributed by atoms with van der Waals surface area (Å²) in [6, 6.07) is 6.87. The van der Waals surface area contributed by atoms with Gasteiger partial charge in [0, 0.05) is 49.0 Å². The zero-order valence-corrected chi connectivity index (χ0v) is 29.5. The van der Waals surface area contributed by atoms with Gasteiger partial charge in [0.25, 0.3) is 0 Å². The first-order chi connectivity index (χ1) is 24.7. The number of pyridine rings is 1. The van der Waals surface area contributed by atoms with Crippen LogP contribution >= 0.6 is 0 Å². The first kappa shape index (κ1) is 34.4. The van der Waals surface area contributed by atoms with Crippen LogP contribution in [-0.2, 0) is 15.9 Å². The average molecular weight is 704 g/mol. The number of hydrogen-bond donors (Lipinski definition) is 2. The molecule has 0 radical (unpaired) electrons. The summed E-state index contributed by atoms with van der Waals surface area (Å²) in [5, 5.41) is 23.2. The van der Waals surface area contributed by atoms with Gasteiger partial charge in [-0.3, -0.25) is 9.88 Å². The molecule has 4 aliphatic rings. The molecule has 51 heavy (non-hydrogen) atoms. The number of benzene rings is 2. The van der Waals surface area contributed by atoms with Crippen molar-refractivity contribution in [2.75, 3.05) is 57.6 Å². The van der Waals surface area contributed by atoms with Gasteiger partial charge in [0.05, 0.1) is 31.8 Å². The maximum absolute atomic E-state index is 17.1. The highest BCUT2D eigenvalue weighted by Gasteiger charge is 2.50. The van der Waals surface area contributed by atoms with E-state index in [1.54, 1.807) is 19.1 Å². The molecule has 0 amide bonds. The molecule has 1 saturated carbocycles. The standard InChI is InChI=1S/C39H47F2N5O5/c1-3-27-30(40)8-7-24-18-26(47)19-28(32(24)27)34-33(41)35-29(20-42-34)36(45-14-17-50-22-38(2,48)21-45)44-37(43-35)51-23-39-11-4-6-31(39)46(13-5-12-39)25-9-15-49-16-10-25/h7-8,18-20,25,31,47-48H,3-6,9-17,21-23H2,1-2H3/t31-,38+,39-/m1/s1. The Kier molecular flexibility index (Phi) is 9.23. The molecular formula is C39H47F2N5O5. The summed E-state index contributed by atoms with van der Waals surface area (Å²) < 4.78 is 50.1. The van der Waals surface area contributed by atoms with Crippen LogP contribution in [0.4, 0.5) is 14.6 Å². The van der Waals surface area contributed by atoms with Gasteiger partial charge in [-0.15, -0.1) is 0 Å². The van der Waals surface area contributed by atoms with Crippen LogP contribution in [0.3, 0.4) is 0 Å². The minimum absolute atomic E-state index is 0.00343. The van der Waals surface area contributed by atoms with Crippen LogP contribution < -0.4 is 9.64 Å².